The number of hydrogen-bond donors (Lipinski definition) is 2. The molecule has 20 heavy (non-hydrogen) atoms. The molecular formula is C14H14ClN3O2. The van der Waals surface area contributed by atoms with Crippen LogP contribution < -0.4 is 10.6 Å². The first-order chi connectivity index (χ1) is 9.58. The van der Waals surface area contributed by atoms with Gasteiger partial charge >= 0.3 is 6.09 Å². The summed E-state index contributed by atoms with van der Waals surface area (Å²) in [5, 5.41) is 6.36. The molecule has 0 spiro atoms. The lowest BCUT2D eigenvalue weighted by Gasteiger charge is -2.10. The average molecular weight is 292 g/mol. The summed E-state index contributed by atoms with van der Waals surface area (Å²) < 4.78 is 4.49. The molecule has 104 valence electrons. The molecular weight excluding hydrogens is 278 g/mol. The van der Waals surface area contributed by atoms with Crippen LogP contribution >= 0.6 is 11.6 Å². The number of nitrogens with zero attached hydrogens (tertiary/aromatic N) is 1. The number of rotatable bonds is 3. The van der Waals surface area contributed by atoms with Crippen LogP contribution in [0.2, 0.25) is 5.02 Å². The molecule has 0 bridgehead atoms. The van der Waals surface area contributed by atoms with Gasteiger partial charge in [-0.25, -0.2) is 9.78 Å². The Morgan fingerprint density at radius 1 is 1.30 bits per heavy atom. The van der Waals surface area contributed by atoms with Crippen molar-refractivity contribution in [3.63, 3.8) is 0 Å². The molecule has 0 saturated heterocycles. The van der Waals surface area contributed by atoms with E-state index in [0.29, 0.717) is 10.8 Å². The van der Waals surface area contributed by atoms with E-state index in [-0.39, 0.29) is 0 Å². The largest absolute Gasteiger partial charge is 0.453 e. The number of benzene rings is 1. The number of pyridine rings is 1. The van der Waals surface area contributed by atoms with Gasteiger partial charge in [-0.2, -0.15) is 0 Å². The lowest BCUT2D eigenvalue weighted by molar-refractivity contribution is 0.187. The van der Waals surface area contributed by atoms with Crippen molar-refractivity contribution in [2.45, 2.75) is 6.92 Å². The Balaban J connectivity index is 2.10. The summed E-state index contributed by atoms with van der Waals surface area (Å²) in [6.45, 7) is 1.99. The van der Waals surface area contributed by atoms with E-state index in [1.807, 2.05) is 25.1 Å². The monoisotopic (exact) mass is 291 g/mol. The summed E-state index contributed by atoms with van der Waals surface area (Å²) in [5.41, 5.74) is 2.78. The average Bonchev–Trinajstić information content (AvgIpc) is 2.45. The molecule has 0 saturated carbocycles. The highest BCUT2D eigenvalue weighted by Gasteiger charge is 2.03. The van der Waals surface area contributed by atoms with Gasteiger partial charge < -0.3 is 10.1 Å². The second-order valence-electron chi connectivity index (χ2n) is 4.13. The van der Waals surface area contributed by atoms with E-state index in [1.54, 1.807) is 18.3 Å². The first kappa shape index (κ1) is 14.1. The number of carbonyl (C=O) groups excluding carboxylic acids is 1. The number of anilines is 3. The van der Waals surface area contributed by atoms with Gasteiger partial charge in [0, 0.05) is 10.7 Å². The third kappa shape index (κ3) is 3.61. The minimum atomic E-state index is -0.552. The van der Waals surface area contributed by atoms with Crippen LogP contribution in [0.5, 0.6) is 0 Å². The summed E-state index contributed by atoms with van der Waals surface area (Å²) >= 11 is 5.96. The van der Waals surface area contributed by atoms with Crippen LogP contribution in [0.25, 0.3) is 0 Å². The topological polar surface area (TPSA) is 63.2 Å². The molecule has 0 unspecified atom stereocenters. The number of methoxy groups -OCH3 is 1. The Hall–Kier alpha value is -2.27. The zero-order chi connectivity index (χ0) is 14.5. The first-order valence-electron chi connectivity index (χ1n) is 5.92. The number of halogens is 1. The number of aromatic nitrogens is 1. The van der Waals surface area contributed by atoms with Crippen LogP contribution in [0.15, 0.2) is 36.5 Å². The smallest absolute Gasteiger partial charge is 0.412 e. The number of aryl methyl sites for hydroxylation is 1. The van der Waals surface area contributed by atoms with Gasteiger partial charge in [0.2, 0.25) is 0 Å². The Morgan fingerprint density at radius 3 is 2.75 bits per heavy atom. The number of ether oxygens (including phenoxy) is 1. The van der Waals surface area contributed by atoms with Crippen LogP contribution in [-0.2, 0) is 4.74 Å². The summed E-state index contributed by atoms with van der Waals surface area (Å²) in [7, 11) is 1.30. The zero-order valence-electron chi connectivity index (χ0n) is 11.1. The molecule has 2 N–H and O–H groups in total. The van der Waals surface area contributed by atoms with Crippen LogP contribution in [0.4, 0.5) is 22.0 Å². The van der Waals surface area contributed by atoms with Crippen LogP contribution in [0.1, 0.15) is 5.56 Å². The molecule has 0 atom stereocenters. The Labute approximate surface area is 121 Å². The molecule has 0 aliphatic heterocycles. The fourth-order valence-electron chi connectivity index (χ4n) is 1.58. The second-order valence-corrected chi connectivity index (χ2v) is 4.57. The van der Waals surface area contributed by atoms with Crippen LogP contribution in [-0.4, -0.2) is 18.2 Å². The highest BCUT2D eigenvalue weighted by Crippen LogP contribution is 2.24. The Bertz CT molecular complexity index is 614. The standard InChI is InChI=1S/C14H14ClN3O2/c1-9-3-4-10(15)7-12(9)17-11-5-6-13(16-8-11)18-14(19)20-2/h3-8,17H,1-2H3,(H,16,18,19). The SMILES string of the molecule is COC(=O)Nc1ccc(Nc2cc(Cl)ccc2C)cn1. The normalized spacial score (nSPS) is 9.95. The van der Waals surface area contributed by atoms with E-state index in [4.69, 9.17) is 11.6 Å². The molecule has 5 nitrogen and oxygen atoms in total. The predicted molar refractivity (Wildman–Crippen MR) is 79.7 cm³/mol. The van der Waals surface area contributed by atoms with Crippen molar-refractivity contribution in [1.29, 1.82) is 0 Å². The van der Waals surface area contributed by atoms with Crippen molar-refractivity contribution in [2.75, 3.05) is 17.7 Å². The highest BCUT2D eigenvalue weighted by molar-refractivity contribution is 6.30. The van der Waals surface area contributed by atoms with Gasteiger partial charge in [-0.3, -0.25) is 5.32 Å². The molecule has 1 aromatic carbocycles. The molecule has 2 aromatic rings. The van der Waals surface area contributed by atoms with Crippen molar-refractivity contribution >= 4 is 34.9 Å². The van der Waals surface area contributed by atoms with E-state index in [9.17, 15) is 4.79 Å². The summed E-state index contributed by atoms with van der Waals surface area (Å²) in [5.74, 6) is 0.421. The molecule has 6 heteroatoms. The van der Waals surface area contributed by atoms with Gasteiger partial charge in [0.05, 0.1) is 19.0 Å². The van der Waals surface area contributed by atoms with Crippen molar-refractivity contribution in [1.82, 2.24) is 4.98 Å². The van der Waals surface area contributed by atoms with E-state index >= 15 is 0 Å². The summed E-state index contributed by atoms with van der Waals surface area (Å²) in [6.07, 6.45) is 1.06. The quantitative estimate of drug-likeness (QED) is 0.898. The van der Waals surface area contributed by atoms with E-state index in [1.165, 1.54) is 7.11 Å². The van der Waals surface area contributed by atoms with Crippen molar-refractivity contribution < 1.29 is 9.53 Å². The lowest BCUT2D eigenvalue weighted by Crippen LogP contribution is -2.11. The lowest BCUT2D eigenvalue weighted by atomic mass is 10.2. The maximum Gasteiger partial charge on any atom is 0.412 e. The maximum atomic E-state index is 11.0. The highest BCUT2D eigenvalue weighted by atomic mass is 35.5. The third-order valence-corrected chi connectivity index (χ3v) is 2.89. The number of nitrogens with one attached hydrogen (secondary N) is 2. The molecule has 0 aliphatic carbocycles. The van der Waals surface area contributed by atoms with Crippen molar-refractivity contribution in [3.05, 3.63) is 47.1 Å². The molecule has 1 aromatic heterocycles. The molecule has 0 aliphatic rings. The fourth-order valence-corrected chi connectivity index (χ4v) is 1.75. The maximum absolute atomic E-state index is 11.0. The van der Waals surface area contributed by atoms with Crippen molar-refractivity contribution in [2.24, 2.45) is 0 Å². The van der Waals surface area contributed by atoms with Gasteiger partial charge in [0.25, 0.3) is 0 Å². The molecule has 1 amide bonds. The first-order valence-corrected chi connectivity index (χ1v) is 6.30. The summed E-state index contributed by atoms with van der Waals surface area (Å²) in [4.78, 5) is 15.1. The Morgan fingerprint density at radius 2 is 2.10 bits per heavy atom. The van der Waals surface area contributed by atoms with Gasteiger partial charge in [0.1, 0.15) is 5.82 Å². The number of hydrogen-bond acceptors (Lipinski definition) is 4. The Kier molecular flexibility index (Phi) is 4.42. The van der Waals surface area contributed by atoms with Gasteiger partial charge in [-0.15, -0.1) is 0 Å². The van der Waals surface area contributed by atoms with Crippen LogP contribution in [0.3, 0.4) is 0 Å². The van der Waals surface area contributed by atoms with Crippen molar-refractivity contribution in [3.8, 4) is 0 Å². The van der Waals surface area contributed by atoms with E-state index in [0.717, 1.165) is 16.9 Å². The van der Waals surface area contributed by atoms with E-state index in [2.05, 4.69) is 20.4 Å². The number of amides is 1. The molecule has 2 rings (SSSR count). The predicted octanol–water partition coefficient (Wildman–Crippen LogP) is 3.97. The van der Waals surface area contributed by atoms with Gasteiger partial charge in [-0.05, 0) is 36.8 Å². The fraction of sp³-hybridized carbons (Fsp3) is 0.143. The minimum Gasteiger partial charge on any atom is -0.453 e. The van der Waals surface area contributed by atoms with Gasteiger partial charge in [-0.1, -0.05) is 17.7 Å². The minimum absolute atomic E-state index is 0.421. The van der Waals surface area contributed by atoms with Gasteiger partial charge in [0.15, 0.2) is 0 Å². The molecule has 0 fully saturated rings. The summed E-state index contributed by atoms with van der Waals surface area (Å²) in [6, 6.07) is 9.10. The van der Waals surface area contributed by atoms with E-state index < -0.39 is 6.09 Å². The molecule has 1 heterocycles. The number of carbonyl (C=O) groups is 1. The zero-order valence-corrected chi connectivity index (χ0v) is 11.9. The molecule has 0 radical (unpaired) electrons. The van der Waals surface area contributed by atoms with Crippen LogP contribution in [0, 0.1) is 6.92 Å². The third-order valence-electron chi connectivity index (χ3n) is 2.66. The second kappa shape index (κ2) is 6.25.